The normalized spacial score (nSPS) is 13.5. The number of benzene rings is 1. The third-order valence-corrected chi connectivity index (χ3v) is 7.02. The molecule has 0 aliphatic heterocycles. The summed E-state index contributed by atoms with van der Waals surface area (Å²) in [6, 6.07) is 14.4. The van der Waals surface area contributed by atoms with Crippen molar-refractivity contribution in [3.05, 3.63) is 59.2 Å². The molecule has 9 heteroatoms. The zero-order valence-corrected chi connectivity index (χ0v) is 18.9. The van der Waals surface area contributed by atoms with E-state index >= 15 is 0 Å². The van der Waals surface area contributed by atoms with E-state index < -0.39 is 0 Å². The molecule has 3 aromatic heterocycles. The topological polar surface area (TPSA) is 77.6 Å². The Morgan fingerprint density at radius 1 is 1.16 bits per heavy atom. The Morgan fingerprint density at radius 2 is 1.97 bits per heavy atom. The molecule has 5 rings (SSSR count). The van der Waals surface area contributed by atoms with Crippen LogP contribution in [-0.4, -0.2) is 36.2 Å². The second-order valence-electron chi connectivity index (χ2n) is 7.51. The van der Waals surface area contributed by atoms with Crippen LogP contribution >= 0.6 is 23.1 Å². The monoisotopic (exact) mass is 450 g/mol. The van der Waals surface area contributed by atoms with Gasteiger partial charge in [0.1, 0.15) is 0 Å². The molecule has 1 saturated carbocycles. The van der Waals surface area contributed by atoms with Crippen molar-refractivity contribution in [2.24, 2.45) is 0 Å². The molecule has 1 amide bonds. The standard InChI is InChI=1S/C22H22N6OS2/c1-14-20(15(2)28(26-14)17-7-4-3-5-8-17)23-19(29)13-31-22-25-24-21(18-9-6-12-30-18)27(22)16-10-11-16/h3-9,12,16H,10-11,13H2,1-2H3,(H,23,29). The van der Waals surface area contributed by atoms with E-state index in [1.54, 1.807) is 11.3 Å². The van der Waals surface area contributed by atoms with E-state index in [9.17, 15) is 4.79 Å². The van der Waals surface area contributed by atoms with Gasteiger partial charge in [0.05, 0.1) is 33.4 Å². The number of thioether (sulfide) groups is 1. The number of anilines is 1. The van der Waals surface area contributed by atoms with Crippen LogP contribution in [0.2, 0.25) is 0 Å². The maximum absolute atomic E-state index is 12.7. The molecule has 1 fully saturated rings. The molecule has 0 spiro atoms. The van der Waals surface area contributed by atoms with Gasteiger partial charge in [-0.15, -0.1) is 21.5 Å². The van der Waals surface area contributed by atoms with Crippen molar-refractivity contribution in [3.8, 4) is 16.4 Å². The fourth-order valence-corrected chi connectivity index (χ4v) is 5.07. The van der Waals surface area contributed by atoms with Crippen LogP contribution in [0, 0.1) is 13.8 Å². The molecule has 7 nitrogen and oxygen atoms in total. The molecule has 0 unspecified atom stereocenters. The van der Waals surface area contributed by atoms with Crippen molar-refractivity contribution in [1.29, 1.82) is 0 Å². The van der Waals surface area contributed by atoms with E-state index in [1.807, 2.05) is 60.3 Å². The number of rotatable bonds is 7. The Labute approximate surface area is 188 Å². The van der Waals surface area contributed by atoms with Crippen molar-refractivity contribution in [2.75, 3.05) is 11.1 Å². The van der Waals surface area contributed by atoms with Gasteiger partial charge in [-0.05, 0) is 50.3 Å². The highest BCUT2D eigenvalue weighted by atomic mass is 32.2. The van der Waals surface area contributed by atoms with Gasteiger partial charge < -0.3 is 5.32 Å². The molecule has 3 heterocycles. The summed E-state index contributed by atoms with van der Waals surface area (Å²) in [5.41, 5.74) is 3.43. The Morgan fingerprint density at radius 3 is 2.68 bits per heavy atom. The van der Waals surface area contributed by atoms with Crippen LogP contribution < -0.4 is 5.32 Å². The number of hydrogen-bond acceptors (Lipinski definition) is 6. The number of aryl methyl sites for hydroxylation is 1. The number of aromatic nitrogens is 5. The summed E-state index contributed by atoms with van der Waals surface area (Å²) >= 11 is 3.09. The van der Waals surface area contributed by atoms with Crippen molar-refractivity contribution < 1.29 is 4.79 Å². The average molecular weight is 451 g/mol. The van der Waals surface area contributed by atoms with Gasteiger partial charge in [-0.25, -0.2) is 4.68 Å². The minimum absolute atomic E-state index is 0.0770. The minimum Gasteiger partial charge on any atom is -0.322 e. The fourth-order valence-electron chi connectivity index (χ4n) is 3.56. The summed E-state index contributed by atoms with van der Waals surface area (Å²) in [4.78, 5) is 13.9. The van der Waals surface area contributed by atoms with Crippen LogP contribution in [0.4, 0.5) is 5.69 Å². The quantitative estimate of drug-likeness (QED) is 0.406. The molecule has 1 aromatic carbocycles. The van der Waals surface area contributed by atoms with Crippen LogP contribution in [0.3, 0.4) is 0 Å². The number of nitrogens with one attached hydrogen (secondary N) is 1. The maximum atomic E-state index is 12.7. The summed E-state index contributed by atoms with van der Waals surface area (Å²) in [6.07, 6.45) is 2.26. The molecular weight excluding hydrogens is 428 g/mol. The van der Waals surface area contributed by atoms with Gasteiger partial charge in [0.2, 0.25) is 5.91 Å². The van der Waals surface area contributed by atoms with Gasteiger partial charge in [0.15, 0.2) is 11.0 Å². The minimum atomic E-state index is -0.0770. The number of carbonyl (C=O) groups is 1. The smallest absolute Gasteiger partial charge is 0.234 e. The molecule has 1 aliphatic carbocycles. The first-order valence-electron chi connectivity index (χ1n) is 10.1. The van der Waals surface area contributed by atoms with Crippen LogP contribution in [0.1, 0.15) is 30.3 Å². The highest BCUT2D eigenvalue weighted by Crippen LogP contribution is 2.41. The zero-order valence-electron chi connectivity index (χ0n) is 17.3. The van der Waals surface area contributed by atoms with Crippen molar-refractivity contribution in [3.63, 3.8) is 0 Å². The zero-order chi connectivity index (χ0) is 21.4. The van der Waals surface area contributed by atoms with E-state index in [0.29, 0.717) is 6.04 Å². The first-order valence-corrected chi connectivity index (χ1v) is 12.0. The molecule has 4 aromatic rings. The Bertz CT molecular complexity index is 1210. The SMILES string of the molecule is Cc1nn(-c2ccccc2)c(C)c1NC(=O)CSc1nnc(-c2cccs2)n1C1CC1. The first-order chi connectivity index (χ1) is 15.1. The summed E-state index contributed by atoms with van der Waals surface area (Å²) in [5, 5.41) is 19.3. The average Bonchev–Trinajstić information content (AvgIpc) is 3.19. The van der Waals surface area contributed by atoms with Gasteiger partial charge in [-0.3, -0.25) is 9.36 Å². The number of hydrogen-bond donors (Lipinski definition) is 1. The van der Waals surface area contributed by atoms with Crippen LogP contribution in [-0.2, 0) is 4.79 Å². The summed E-state index contributed by atoms with van der Waals surface area (Å²) in [5.74, 6) is 1.09. The Balaban J connectivity index is 1.30. The molecule has 31 heavy (non-hydrogen) atoms. The fraction of sp³-hybridized carbons (Fsp3) is 0.273. The molecule has 1 aliphatic rings. The lowest BCUT2D eigenvalue weighted by Gasteiger charge is -2.09. The number of amides is 1. The van der Waals surface area contributed by atoms with Gasteiger partial charge in [0, 0.05) is 6.04 Å². The van der Waals surface area contributed by atoms with E-state index in [2.05, 4.69) is 31.2 Å². The molecule has 0 radical (unpaired) electrons. The number of nitrogens with zero attached hydrogens (tertiary/aromatic N) is 5. The van der Waals surface area contributed by atoms with Crippen molar-refractivity contribution >= 4 is 34.7 Å². The molecule has 0 atom stereocenters. The highest BCUT2D eigenvalue weighted by molar-refractivity contribution is 7.99. The van der Waals surface area contributed by atoms with Crippen LogP contribution in [0.5, 0.6) is 0 Å². The number of carbonyl (C=O) groups excluding carboxylic acids is 1. The number of thiophene rings is 1. The van der Waals surface area contributed by atoms with E-state index in [1.165, 1.54) is 11.8 Å². The second kappa shape index (κ2) is 8.32. The van der Waals surface area contributed by atoms with Gasteiger partial charge in [0.25, 0.3) is 0 Å². The molecule has 1 N–H and O–H groups in total. The van der Waals surface area contributed by atoms with Crippen molar-refractivity contribution in [2.45, 2.75) is 37.9 Å². The first kappa shape index (κ1) is 20.0. The maximum Gasteiger partial charge on any atom is 0.234 e. The summed E-state index contributed by atoms with van der Waals surface area (Å²) in [6.45, 7) is 3.87. The lowest BCUT2D eigenvalue weighted by atomic mass is 10.3. The highest BCUT2D eigenvalue weighted by Gasteiger charge is 2.30. The van der Waals surface area contributed by atoms with Crippen LogP contribution in [0.15, 0.2) is 53.0 Å². The Hall–Kier alpha value is -2.91. The van der Waals surface area contributed by atoms with E-state index in [0.717, 1.165) is 51.5 Å². The largest absolute Gasteiger partial charge is 0.322 e. The third kappa shape index (κ3) is 4.03. The van der Waals surface area contributed by atoms with Gasteiger partial charge >= 0.3 is 0 Å². The lowest BCUT2D eigenvalue weighted by molar-refractivity contribution is -0.113. The molecule has 0 saturated heterocycles. The summed E-state index contributed by atoms with van der Waals surface area (Å²) < 4.78 is 4.04. The second-order valence-corrected chi connectivity index (χ2v) is 9.40. The predicted octanol–water partition coefficient (Wildman–Crippen LogP) is 4.87. The van der Waals surface area contributed by atoms with Crippen molar-refractivity contribution in [1.82, 2.24) is 24.5 Å². The molecule has 0 bridgehead atoms. The van der Waals surface area contributed by atoms with E-state index in [4.69, 9.17) is 0 Å². The lowest BCUT2D eigenvalue weighted by Crippen LogP contribution is -2.16. The molecular formula is C22H22N6OS2. The Kier molecular flexibility index (Phi) is 5.37. The predicted molar refractivity (Wildman–Crippen MR) is 124 cm³/mol. The molecule has 158 valence electrons. The third-order valence-electron chi connectivity index (χ3n) is 5.21. The summed E-state index contributed by atoms with van der Waals surface area (Å²) in [7, 11) is 0. The van der Waals surface area contributed by atoms with E-state index in [-0.39, 0.29) is 11.7 Å². The van der Waals surface area contributed by atoms with Crippen LogP contribution in [0.25, 0.3) is 16.4 Å². The number of para-hydroxylation sites is 1. The van der Waals surface area contributed by atoms with Gasteiger partial charge in [-0.2, -0.15) is 5.10 Å². The van der Waals surface area contributed by atoms with Gasteiger partial charge in [-0.1, -0.05) is 36.0 Å².